The zero-order chi connectivity index (χ0) is 14.6. The number of nitrogens with two attached hydrogens (primary N) is 1. The van der Waals surface area contributed by atoms with Gasteiger partial charge in [-0.2, -0.15) is 0 Å². The molecule has 0 aliphatic heterocycles. The van der Waals surface area contributed by atoms with E-state index in [1.807, 2.05) is 32.0 Å². The van der Waals surface area contributed by atoms with Crippen LogP contribution in [0.2, 0.25) is 0 Å². The van der Waals surface area contributed by atoms with Crippen LogP contribution in [0, 0.1) is 0 Å². The van der Waals surface area contributed by atoms with Crippen molar-refractivity contribution in [2.75, 3.05) is 7.11 Å². The normalized spacial score (nSPS) is 19.9. The number of para-hydroxylation sites is 1. The second-order valence-corrected chi connectivity index (χ2v) is 6.01. The Labute approximate surface area is 122 Å². The minimum Gasteiger partial charge on any atom is -0.491 e. The van der Waals surface area contributed by atoms with Gasteiger partial charge in [-0.05, 0) is 32.8 Å². The van der Waals surface area contributed by atoms with E-state index in [1.165, 1.54) is 19.3 Å². The van der Waals surface area contributed by atoms with Gasteiger partial charge in [-0.25, -0.2) is 0 Å². The van der Waals surface area contributed by atoms with Crippen LogP contribution in [0.25, 0.3) is 0 Å². The van der Waals surface area contributed by atoms with Gasteiger partial charge in [-0.3, -0.25) is 0 Å². The molecule has 1 unspecified atom stereocenters. The first-order valence-corrected chi connectivity index (χ1v) is 7.65. The van der Waals surface area contributed by atoms with Gasteiger partial charge in [0.1, 0.15) is 5.75 Å². The molecule has 2 rings (SSSR count). The third-order valence-electron chi connectivity index (χ3n) is 4.29. The van der Waals surface area contributed by atoms with Crippen LogP contribution >= 0.6 is 0 Å². The van der Waals surface area contributed by atoms with Crippen LogP contribution in [0.4, 0.5) is 0 Å². The predicted octanol–water partition coefficient (Wildman–Crippen LogP) is 3.82. The quantitative estimate of drug-likeness (QED) is 0.889. The Hall–Kier alpha value is -1.06. The van der Waals surface area contributed by atoms with Crippen LogP contribution < -0.4 is 10.5 Å². The van der Waals surface area contributed by atoms with Gasteiger partial charge in [0, 0.05) is 12.7 Å². The topological polar surface area (TPSA) is 44.5 Å². The highest BCUT2D eigenvalue weighted by Crippen LogP contribution is 2.42. The Morgan fingerprint density at radius 1 is 1.10 bits per heavy atom. The van der Waals surface area contributed by atoms with Gasteiger partial charge in [0.25, 0.3) is 0 Å². The van der Waals surface area contributed by atoms with Crippen LogP contribution in [0.3, 0.4) is 0 Å². The SMILES string of the molecule is COC1(C(N)c2ccccc2OC(C)C)CCCCC1. The number of methoxy groups -OCH3 is 1. The molecule has 0 radical (unpaired) electrons. The van der Waals surface area contributed by atoms with Crippen molar-refractivity contribution in [1.82, 2.24) is 0 Å². The lowest BCUT2D eigenvalue weighted by molar-refractivity contribution is -0.0601. The second-order valence-electron chi connectivity index (χ2n) is 6.01. The highest BCUT2D eigenvalue weighted by Gasteiger charge is 2.39. The van der Waals surface area contributed by atoms with Crippen LogP contribution in [0.5, 0.6) is 5.75 Å². The standard InChI is InChI=1S/C17H27NO2/c1-13(2)20-15-10-6-5-9-14(15)16(18)17(19-3)11-7-4-8-12-17/h5-6,9-10,13,16H,4,7-8,11-12,18H2,1-3H3. The summed E-state index contributed by atoms with van der Waals surface area (Å²) in [5.41, 5.74) is 7.41. The van der Waals surface area contributed by atoms with Crippen molar-refractivity contribution in [3.8, 4) is 5.75 Å². The Bertz CT molecular complexity index is 425. The zero-order valence-corrected chi connectivity index (χ0v) is 12.9. The van der Waals surface area contributed by atoms with E-state index in [0.29, 0.717) is 0 Å². The predicted molar refractivity (Wildman–Crippen MR) is 82.0 cm³/mol. The maximum atomic E-state index is 6.59. The molecule has 3 heteroatoms. The monoisotopic (exact) mass is 277 g/mol. The van der Waals surface area contributed by atoms with Crippen molar-refractivity contribution in [2.24, 2.45) is 5.73 Å². The van der Waals surface area contributed by atoms with Crippen molar-refractivity contribution in [3.63, 3.8) is 0 Å². The third kappa shape index (κ3) is 3.15. The first kappa shape index (κ1) is 15.3. The molecular weight excluding hydrogens is 250 g/mol. The van der Waals surface area contributed by atoms with Gasteiger partial charge < -0.3 is 15.2 Å². The summed E-state index contributed by atoms with van der Waals surface area (Å²) in [6, 6.07) is 7.95. The molecule has 0 bridgehead atoms. The average molecular weight is 277 g/mol. The fraction of sp³-hybridized carbons (Fsp3) is 0.647. The van der Waals surface area contributed by atoms with Gasteiger partial charge in [0.15, 0.2) is 0 Å². The van der Waals surface area contributed by atoms with E-state index >= 15 is 0 Å². The molecule has 0 amide bonds. The fourth-order valence-corrected chi connectivity index (χ4v) is 3.17. The third-order valence-corrected chi connectivity index (χ3v) is 4.29. The maximum absolute atomic E-state index is 6.59. The van der Waals surface area contributed by atoms with Crippen LogP contribution in [0.15, 0.2) is 24.3 Å². The number of ether oxygens (including phenoxy) is 2. The minimum atomic E-state index is -0.241. The Morgan fingerprint density at radius 2 is 1.75 bits per heavy atom. The Kier molecular flexibility index (Phi) is 5.06. The second kappa shape index (κ2) is 6.59. The lowest BCUT2D eigenvalue weighted by Gasteiger charge is -2.41. The lowest BCUT2D eigenvalue weighted by Crippen LogP contribution is -2.44. The highest BCUT2D eigenvalue weighted by atomic mass is 16.5. The summed E-state index contributed by atoms with van der Waals surface area (Å²) < 4.78 is 11.8. The first-order chi connectivity index (χ1) is 9.59. The van der Waals surface area contributed by atoms with Gasteiger partial charge >= 0.3 is 0 Å². The van der Waals surface area contributed by atoms with Crippen molar-refractivity contribution in [3.05, 3.63) is 29.8 Å². The van der Waals surface area contributed by atoms with E-state index in [-0.39, 0.29) is 17.7 Å². The molecule has 1 fully saturated rings. The number of hydrogen-bond donors (Lipinski definition) is 1. The maximum Gasteiger partial charge on any atom is 0.124 e. The molecule has 0 heterocycles. The molecule has 0 saturated heterocycles. The van der Waals surface area contributed by atoms with Gasteiger partial charge in [0.2, 0.25) is 0 Å². The average Bonchev–Trinajstić information content (AvgIpc) is 2.47. The van der Waals surface area contributed by atoms with Crippen LogP contribution in [-0.2, 0) is 4.74 Å². The molecule has 2 N–H and O–H groups in total. The number of rotatable bonds is 5. The molecule has 1 aromatic rings. The number of hydrogen-bond acceptors (Lipinski definition) is 3. The Balaban J connectivity index is 2.29. The summed E-state index contributed by atoms with van der Waals surface area (Å²) in [5, 5.41) is 0. The van der Waals surface area contributed by atoms with E-state index < -0.39 is 0 Å². The summed E-state index contributed by atoms with van der Waals surface area (Å²) in [6.45, 7) is 4.07. The van der Waals surface area contributed by atoms with E-state index in [9.17, 15) is 0 Å². The highest BCUT2D eigenvalue weighted by molar-refractivity contribution is 5.37. The van der Waals surface area contributed by atoms with Crippen LogP contribution in [0.1, 0.15) is 57.6 Å². The molecule has 1 saturated carbocycles. The smallest absolute Gasteiger partial charge is 0.124 e. The molecule has 1 aliphatic carbocycles. The van der Waals surface area contributed by atoms with Gasteiger partial charge in [-0.1, -0.05) is 37.5 Å². The number of benzene rings is 1. The zero-order valence-electron chi connectivity index (χ0n) is 12.9. The molecule has 1 aliphatic rings. The van der Waals surface area contributed by atoms with E-state index in [0.717, 1.165) is 24.2 Å². The summed E-state index contributed by atoms with van der Waals surface area (Å²) in [5.74, 6) is 0.886. The van der Waals surface area contributed by atoms with Gasteiger partial charge in [0.05, 0.1) is 17.7 Å². The lowest BCUT2D eigenvalue weighted by atomic mass is 9.77. The fourth-order valence-electron chi connectivity index (χ4n) is 3.17. The first-order valence-electron chi connectivity index (χ1n) is 7.65. The largest absolute Gasteiger partial charge is 0.491 e. The summed E-state index contributed by atoms with van der Waals surface area (Å²) in [4.78, 5) is 0. The molecule has 112 valence electrons. The molecule has 0 spiro atoms. The van der Waals surface area contributed by atoms with Gasteiger partial charge in [-0.15, -0.1) is 0 Å². The van der Waals surface area contributed by atoms with E-state index in [4.69, 9.17) is 15.2 Å². The summed E-state index contributed by atoms with van der Waals surface area (Å²) in [7, 11) is 1.79. The molecule has 1 atom stereocenters. The molecular formula is C17H27NO2. The molecule has 3 nitrogen and oxygen atoms in total. The van der Waals surface area contributed by atoms with Crippen molar-refractivity contribution in [2.45, 2.75) is 63.7 Å². The summed E-state index contributed by atoms with van der Waals surface area (Å²) in [6.07, 6.45) is 5.86. The van der Waals surface area contributed by atoms with E-state index in [1.54, 1.807) is 7.11 Å². The molecule has 20 heavy (non-hydrogen) atoms. The summed E-state index contributed by atoms with van der Waals surface area (Å²) >= 11 is 0. The molecule has 0 aromatic heterocycles. The van der Waals surface area contributed by atoms with Crippen molar-refractivity contribution >= 4 is 0 Å². The van der Waals surface area contributed by atoms with Crippen molar-refractivity contribution < 1.29 is 9.47 Å². The van der Waals surface area contributed by atoms with E-state index in [2.05, 4.69) is 6.07 Å². The minimum absolute atomic E-state index is 0.136. The molecule has 1 aromatic carbocycles. The van der Waals surface area contributed by atoms with Crippen LogP contribution in [-0.4, -0.2) is 18.8 Å². The van der Waals surface area contributed by atoms with Crippen molar-refractivity contribution in [1.29, 1.82) is 0 Å². The Morgan fingerprint density at radius 3 is 2.35 bits per heavy atom.